The van der Waals surface area contributed by atoms with E-state index >= 15 is 0 Å². The number of nitrogens with two attached hydrogens (primary N) is 1. The zero-order chi connectivity index (χ0) is 11.6. The van der Waals surface area contributed by atoms with Crippen molar-refractivity contribution in [2.24, 2.45) is 23.0 Å². The van der Waals surface area contributed by atoms with Gasteiger partial charge in [-0.15, -0.1) is 0 Å². The van der Waals surface area contributed by atoms with Gasteiger partial charge in [0, 0.05) is 6.54 Å². The van der Waals surface area contributed by atoms with Gasteiger partial charge < -0.3 is 5.73 Å². The zero-order valence-corrected chi connectivity index (χ0v) is 9.70. The summed E-state index contributed by atoms with van der Waals surface area (Å²) in [7, 11) is 0. The van der Waals surface area contributed by atoms with Crippen molar-refractivity contribution in [1.82, 2.24) is 4.90 Å². The molecule has 15 heavy (non-hydrogen) atoms. The van der Waals surface area contributed by atoms with E-state index in [2.05, 4.69) is 0 Å². The van der Waals surface area contributed by atoms with Crippen LogP contribution in [0.1, 0.15) is 27.7 Å². The Labute approximate surface area is 89.8 Å². The number of carbonyl (C=O) groups is 2. The Morgan fingerprint density at radius 2 is 1.67 bits per heavy atom. The van der Waals surface area contributed by atoms with E-state index in [0.29, 0.717) is 6.54 Å². The fourth-order valence-electron chi connectivity index (χ4n) is 2.63. The van der Waals surface area contributed by atoms with Crippen LogP contribution < -0.4 is 5.73 Å². The lowest BCUT2D eigenvalue weighted by Gasteiger charge is -2.35. The molecule has 4 heteroatoms. The van der Waals surface area contributed by atoms with E-state index in [1.165, 1.54) is 4.90 Å². The molecule has 0 aromatic rings. The van der Waals surface area contributed by atoms with Gasteiger partial charge in [0.1, 0.15) is 0 Å². The van der Waals surface area contributed by atoms with Crippen molar-refractivity contribution in [2.75, 3.05) is 6.54 Å². The number of nitrogens with zero attached hydrogens (tertiary/aromatic N) is 1. The summed E-state index contributed by atoms with van der Waals surface area (Å²) in [6.07, 6.45) is 0. The molecular formula is C11H18N2O2. The number of imide groups is 1. The molecule has 1 heterocycles. The molecule has 2 rings (SSSR count). The third-order valence-corrected chi connectivity index (χ3v) is 3.91. The molecule has 0 aromatic carbocycles. The van der Waals surface area contributed by atoms with E-state index in [4.69, 9.17) is 5.73 Å². The highest BCUT2D eigenvalue weighted by Crippen LogP contribution is 2.64. The fraction of sp³-hybridized carbons (Fsp3) is 0.818. The Bertz CT molecular complexity index is 322. The number of likely N-dealkylation sites (tertiary alicyclic amines) is 1. The lowest BCUT2D eigenvalue weighted by Crippen LogP contribution is -2.54. The van der Waals surface area contributed by atoms with Crippen molar-refractivity contribution >= 4 is 11.8 Å². The summed E-state index contributed by atoms with van der Waals surface area (Å²) >= 11 is 0. The first kappa shape index (κ1) is 10.6. The van der Waals surface area contributed by atoms with E-state index in [9.17, 15) is 9.59 Å². The normalized spacial score (nSPS) is 33.3. The first-order valence-corrected chi connectivity index (χ1v) is 5.33. The van der Waals surface area contributed by atoms with Gasteiger partial charge in [-0.1, -0.05) is 13.8 Å². The maximum absolute atomic E-state index is 12.0. The molecule has 1 saturated heterocycles. The summed E-state index contributed by atoms with van der Waals surface area (Å²) in [5.74, 6) is -0.275. The summed E-state index contributed by atoms with van der Waals surface area (Å²) in [5, 5.41) is 0. The monoisotopic (exact) mass is 210 g/mol. The smallest absolute Gasteiger partial charge is 0.234 e. The summed E-state index contributed by atoms with van der Waals surface area (Å²) in [6, 6.07) is 0. The number of fused-ring (bicyclic) bond motifs is 1. The number of carbonyl (C=O) groups excluding carboxylic acids is 2. The van der Waals surface area contributed by atoms with Crippen LogP contribution in [0.25, 0.3) is 0 Å². The van der Waals surface area contributed by atoms with Crippen LogP contribution in [-0.2, 0) is 9.59 Å². The molecule has 2 fully saturated rings. The first-order valence-electron chi connectivity index (χ1n) is 5.33. The van der Waals surface area contributed by atoms with Gasteiger partial charge in [0.05, 0.1) is 17.4 Å². The van der Waals surface area contributed by atoms with Crippen molar-refractivity contribution in [1.29, 1.82) is 0 Å². The lowest BCUT2D eigenvalue weighted by molar-refractivity contribution is -0.148. The summed E-state index contributed by atoms with van der Waals surface area (Å²) in [6.45, 7) is 7.93. The SMILES string of the molecule is CC1(C)C2C(=O)N(C(C)(C)CN)C(=O)C21. The maximum atomic E-state index is 12.0. The average molecular weight is 210 g/mol. The van der Waals surface area contributed by atoms with Crippen molar-refractivity contribution in [3.05, 3.63) is 0 Å². The van der Waals surface area contributed by atoms with Crippen molar-refractivity contribution in [3.8, 4) is 0 Å². The van der Waals surface area contributed by atoms with E-state index < -0.39 is 5.54 Å². The van der Waals surface area contributed by atoms with E-state index in [1.54, 1.807) is 0 Å². The van der Waals surface area contributed by atoms with Crippen LogP contribution in [0.2, 0.25) is 0 Å². The Balaban J connectivity index is 2.29. The third-order valence-electron chi connectivity index (χ3n) is 3.91. The third kappa shape index (κ3) is 1.11. The van der Waals surface area contributed by atoms with Gasteiger partial charge in [0.25, 0.3) is 0 Å². The average Bonchev–Trinajstić information content (AvgIpc) is 2.54. The minimum absolute atomic E-state index is 0.0366. The van der Waals surface area contributed by atoms with Gasteiger partial charge in [-0.25, -0.2) is 0 Å². The van der Waals surface area contributed by atoms with Crippen LogP contribution in [0, 0.1) is 17.3 Å². The van der Waals surface area contributed by atoms with E-state index in [1.807, 2.05) is 27.7 Å². The summed E-state index contributed by atoms with van der Waals surface area (Å²) in [4.78, 5) is 25.4. The molecule has 1 aliphatic carbocycles. The highest BCUT2D eigenvalue weighted by atomic mass is 16.2. The van der Waals surface area contributed by atoms with Gasteiger partial charge in [0.2, 0.25) is 11.8 Å². The molecule has 1 aliphatic heterocycles. The van der Waals surface area contributed by atoms with Crippen LogP contribution >= 0.6 is 0 Å². The molecule has 2 unspecified atom stereocenters. The number of amides is 2. The van der Waals surface area contributed by atoms with Gasteiger partial charge in [-0.2, -0.15) is 0 Å². The molecule has 0 spiro atoms. The molecule has 1 saturated carbocycles. The predicted octanol–water partition coefficient (Wildman–Crippen LogP) is 0.365. The second-order valence-corrected chi connectivity index (χ2v) is 5.81. The summed E-state index contributed by atoms with van der Waals surface area (Å²) < 4.78 is 0. The lowest BCUT2D eigenvalue weighted by atomic mass is 9.99. The zero-order valence-electron chi connectivity index (χ0n) is 9.70. The molecular weight excluding hydrogens is 192 g/mol. The van der Waals surface area contributed by atoms with Crippen molar-refractivity contribution in [3.63, 3.8) is 0 Å². The van der Waals surface area contributed by atoms with Crippen LogP contribution in [0.15, 0.2) is 0 Å². The Hall–Kier alpha value is -0.900. The Morgan fingerprint density at radius 1 is 1.27 bits per heavy atom. The fourth-order valence-corrected chi connectivity index (χ4v) is 2.63. The van der Waals surface area contributed by atoms with Gasteiger partial charge in [-0.3, -0.25) is 14.5 Å². The molecule has 0 aromatic heterocycles. The molecule has 84 valence electrons. The number of piperidine rings is 1. The second kappa shape index (κ2) is 2.61. The quantitative estimate of drug-likeness (QED) is 0.669. The van der Waals surface area contributed by atoms with Crippen LogP contribution in [0.5, 0.6) is 0 Å². The summed E-state index contributed by atoms with van der Waals surface area (Å²) in [5.41, 5.74) is 4.92. The van der Waals surface area contributed by atoms with Gasteiger partial charge >= 0.3 is 0 Å². The largest absolute Gasteiger partial charge is 0.328 e. The van der Waals surface area contributed by atoms with Gasteiger partial charge in [-0.05, 0) is 19.3 Å². The first-order chi connectivity index (χ1) is 6.75. The topological polar surface area (TPSA) is 63.4 Å². The van der Waals surface area contributed by atoms with Crippen molar-refractivity contribution in [2.45, 2.75) is 33.2 Å². The molecule has 4 nitrogen and oxygen atoms in total. The molecule has 2 aliphatic rings. The standard InChI is InChI=1S/C11H18N2O2/c1-10(2,5-12)13-8(14)6-7(9(13)15)11(6,3)4/h6-7H,5,12H2,1-4H3. The molecule has 0 bridgehead atoms. The maximum Gasteiger partial charge on any atom is 0.234 e. The highest BCUT2D eigenvalue weighted by Gasteiger charge is 2.73. The minimum atomic E-state index is -0.544. The molecule has 0 radical (unpaired) electrons. The van der Waals surface area contributed by atoms with Gasteiger partial charge in [0.15, 0.2) is 0 Å². The van der Waals surface area contributed by atoms with E-state index in [-0.39, 0.29) is 29.1 Å². The Morgan fingerprint density at radius 3 is 2.00 bits per heavy atom. The predicted molar refractivity (Wildman–Crippen MR) is 55.7 cm³/mol. The number of rotatable bonds is 2. The minimum Gasteiger partial charge on any atom is -0.328 e. The number of hydrogen-bond acceptors (Lipinski definition) is 3. The van der Waals surface area contributed by atoms with Crippen LogP contribution in [0.4, 0.5) is 0 Å². The van der Waals surface area contributed by atoms with Crippen LogP contribution in [-0.4, -0.2) is 28.8 Å². The number of hydrogen-bond donors (Lipinski definition) is 1. The highest BCUT2D eigenvalue weighted by molar-refractivity contribution is 6.11. The van der Waals surface area contributed by atoms with E-state index in [0.717, 1.165) is 0 Å². The molecule has 2 amide bonds. The van der Waals surface area contributed by atoms with Crippen molar-refractivity contribution < 1.29 is 9.59 Å². The second-order valence-electron chi connectivity index (χ2n) is 5.81. The molecule has 2 N–H and O–H groups in total. The Kier molecular flexibility index (Phi) is 1.85. The van der Waals surface area contributed by atoms with Crippen LogP contribution in [0.3, 0.4) is 0 Å². The molecule has 2 atom stereocenters.